The Bertz CT molecular complexity index is 862. The van der Waals surface area contributed by atoms with Gasteiger partial charge in [-0.2, -0.15) is 0 Å². The summed E-state index contributed by atoms with van der Waals surface area (Å²) in [6.07, 6.45) is 0. The maximum absolute atomic E-state index is 12.7. The molecule has 1 saturated carbocycles. The van der Waals surface area contributed by atoms with Gasteiger partial charge in [-0.15, -0.1) is 0 Å². The summed E-state index contributed by atoms with van der Waals surface area (Å²) in [5.41, 5.74) is 0.618. The molecule has 23 heavy (non-hydrogen) atoms. The van der Waals surface area contributed by atoms with Gasteiger partial charge in [-0.1, -0.05) is 35.3 Å². The van der Waals surface area contributed by atoms with Gasteiger partial charge in [0.25, 0.3) is 0 Å². The first-order chi connectivity index (χ1) is 10.8. The summed E-state index contributed by atoms with van der Waals surface area (Å²) in [5, 5.41) is 9.22. The highest BCUT2D eigenvalue weighted by Gasteiger charge is 2.63. The fourth-order valence-electron chi connectivity index (χ4n) is 2.86. The fraction of sp³-hybridized carbons (Fsp3) is 0.188. The van der Waals surface area contributed by atoms with E-state index in [2.05, 4.69) is 0 Å². The highest BCUT2D eigenvalue weighted by atomic mass is 35.5. The summed E-state index contributed by atoms with van der Waals surface area (Å²) in [6.45, 7) is 0. The topological polar surface area (TPSA) is 71.4 Å². The van der Waals surface area contributed by atoms with Crippen LogP contribution in [0.2, 0.25) is 10.0 Å². The zero-order valence-corrected chi connectivity index (χ0v) is 14.0. The number of hydrogen-bond donors (Lipinski definition) is 1. The molecule has 2 aromatic rings. The number of carbonyl (C=O) groups is 1. The monoisotopic (exact) mass is 370 g/mol. The van der Waals surface area contributed by atoms with Crippen LogP contribution in [-0.4, -0.2) is 24.7 Å². The lowest BCUT2D eigenvalue weighted by molar-refractivity contribution is -0.138. The Balaban J connectivity index is 2.00. The Morgan fingerprint density at radius 2 is 1.65 bits per heavy atom. The number of rotatable bonds is 4. The normalized spacial score (nSPS) is 23.5. The van der Waals surface area contributed by atoms with Crippen LogP contribution in [0.5, 0.6) is 0 Å². The summed E-state index contributed by atoms with van der Waals surface area (Å²) >= 11 is 11.7. The maximum atomic E-state index is 12.7. The summed E-state index contributed by atoms with van der Waals surface area (Å²) in [6, 6.07) is 12.4. The van der Waals surface area contributed by atoms with Crippen LogP contribution in [0.25, 0.3) is 0 Å². The standard InChI is InChI=1S/C16H12Cl2O4S/c17-10-4-6-12(7-5-10)23(21,22)15-13(14(15)16(19)20)9-2-1-3-11(18)8-9/h1-8,13-15H,(H,19,20)/t13-,14+,15+/m0/s1. The third kappa shape index (κ3) is 2.96. The lowest BCUT2D eigenvalue weighted by Gasteiger charge is -2.04. The van der Waals surface area contributed by atoms with Gasteiger partial charge in [-0.05, 0) is 42.0 Å². The molecule has 4 nitrogen and oxygen atoms in total. The molecule has 0 heterocycles. The predicted molar refractivity (Wildman–Crippen MR) is 87.7 cm³/mol. The molecule has 1 aliphatic carbocycles. The number of sulfone groups is 1. The van der Waals surface area contributed by atoms with Crippen LogP contribution in [0.1, 0.15) is 11.5 Å². The minimum atomic E-state index is -3.77. The van der Waals surface area contributed by atoms with Crippen LogP contribution < -0.4 is 0 Å². The van der Waals surface area contributed by atoms with Crippen molar-refractivity contribution in [2.24, 2.45) is 5.92 Å². The minimum absolute atomic E-state index is 0.0719. The molecule has 3 rings (SSSR count). The average Bonchev–Trinajstić information content (AvgIpc) is 3.24. The molecule has 2 aromatic carbocycles. The molecule has 0 aromatic heterocycles. The molecule has 0 radical (unpaired) electrons. The molecule has 0 unspecified atom stereocenters. The van der Waals surface area contributed by atoms with Crippen molar-refractivity contribution in [2.75, 3.05) is 0 Å². The lowest BCUT2D eigenvalue weighted by atomic mass is 10.1. The first-order valence-corrected chi connectivity index (χ1v) is 9.10. The van der Waals surface area contributed by atoms with Gasteiger partial charge in [0.1, 0.15) is 0 Å². The molecule has 0 bridgehead atoms. The van der Waals surface area contributed by atoms with E-state index in [1.54, 1.807) is 24.3 Å². The molecule has 0 saturated heterocycles. The van der Waals surface area contributed by atoms with Gasteiger partial charge in [0.05, 0.1) is 16.1 Å². The number of aliphatic carboxylic acids is 1. The minimum Gasteiger partial charge on any atom is -0.481 e. The van der Waals surface area contributed by atoms with Crippen molar-refractivity contribution in [3.63, 3.8) is 0 Å². The second-order valence-corrected chi connectivity index (χ2v) is 8.39. The van der Waals surface area contributed by atoms with E-state index in [-0.39, 0.29) is 4.90 Å². The Hall–Kier alpha value is -1.56. The second kappa shape index (κ2) is 5.82. The zero-order chi connectivity index (χ0) is 16.8. The van der Waals surface area contributed by atoms with E-state index in [9.17, 15) is 18.3 Å². The van der Waals surface area contributed by atoms with E-state index < -0.39 is 32.9 Å². The predicted octanol–water partition coefficient (Wildman–Crippen LogP) is 3.63. The summed E-state index contributed by atoms with van der Waals surface area (Å²) in [7, 11) is -3.77. The Labute approximate surface area is 143 Å². The van der Waals surface area contributed by atoms with Gasteiger partial charge in [0.15, 0.2) is 9.84 Å². The first kappa shape index (κ1) is 16.3. The van der Waals surface area contributed by atoms with Gasteiger partial charge in [-0.25, -0.2) is 8.42 Å². The molecule has 1 fully saturated rings. The molecule has 1 N–H and O–H groups in total. The van der Waals surface area contributed by atoms with Gasteiger partial charge in [0.2, 0.25) is 0 Å². The van der Waals surface area contributed by atoms with Crippen molar-refractivity contribution < 1.29 is 18.3 Å². The molecular formula is C16H12Cl2O4S. The number of carboxylic acids is 1. The van der Waals surface area contributed by atoms with Crippen molar-refractivity contribution in [3.8, 4) is 0 Å². The van der Waals surface area contributed by atoms with E-state index in [1.165, 1.54) is 24.3 Å². The Morgan fingerprint density at radius 3 is 2.22 bits per heavy atom. The van der Waals surface area contributed by atoms with Crippen LogP contribution >= 0.6 is 23.2 Å². The first-order valence-electron chi connectivity index (χ1n) is 6.80. The van der Waals surface area contributed by atoms with Crippen LogP contribution in [0.4, 0.5) is 0 Å². The molecule has 3 atom stereocenters. The molecule has 0 aliphatic heterocycles. The number of carboxylic acid groups (broad SMARTS) is 1. The largest absolute Gasteiger partial charge is 0.481 e. The van der Waals surface area contributed by atoms with Crippen LogP contribution in [0.3, 0.4) is 0 Å². The summed E-state index contributed by atoms with van der Waals surface area (Å²) < 4.78 is 25.5. The molecule has 1 aliphatic rings. The van der Waals surface area contributed by atoms with Crippen molar-refractivity contribution >= 4 is 39.0 Å². The molecule has 7 heteroatoms. The van der Waals surface area contributed by atoms with E-state index in [1.807, 2.05) is 0 Å². The van der Waals surface area contributed by atoms with E-state index in [0.717, 1.165) is 0 Å². The number of benzene rings is 2. The van der Waals surface area contributed by atoms with Crippen LogP contribution in [0.15, 0.2) is 53.4 Å². The van der Waals surface area contributed by atoms with Crippen LogP contribution in [0, 0.1) is 5.92 Å². The van der Waals surface area contributed by atoms with Gasteiger partial charge in [0, 0.05) is 16.0 Å². The number of hydrogen-bond acceptors (Lipinski definition) is 3. The van der Waals surface area contributed by atoms with E-state index >= 15 is 0 Å². The lowest BCUT2D eigenvalue weighted by Crippen LogP contribution is -2.13. The average molecular weight is 371 g/mol. The summed E-state index contributed by atoms with van der Waals surface area (Å²) in [4.78, 5) is 11.5. The van der Waals surface area contributed by atoms with E-state index in [4.69, 9.17) is 23.2 Å². The summed E-state index contributed by atoms with van der Waals surface area (Å²) in [5.74, 6) is -2.71. The Morgan fingerprint density at radius 1 is 1.00 bits per heavy atom. The highest BCUT2D eigenvalue weighted by molar-refractivity contribution is 7.92. The van der Waals surface area contributed by atoms with Gasteiger partial charge >= 0.3 is 5.97 Å². The maximum Gasteiger partial charge on any atom is 0.308 e. The Kier molecular flexibility index (Phi) is 4.12. The van der Waals surface area contributed by atoms with Crippen molar-refractivity contribution in [1.82, 2.24) is 0 Å². The smallest absolute Gasteiger partial charge is 0.308 e. The van der Waals surface area contributed by atoms with Gasteiger partial charge in [-0.3, -0.25) is 4.79 Å². The van der Waals surface area contributed by atoms with Gasteiger partial charge < -0.3 is 5.11 Å². The molecular weight excluding hydrogens is 359 g/mol. The third-order valence-electron chi connectivity index (χ3n) is 3.97. The SMILES string of the molecule is O=C(O)[C@@H]1[C@H](c2cccc(Cl)c2)[C@H]1S(=O)(=O)c1ccc(Cl)cc1. The molecule has 0 amide bonds. The van der Waals surface area contributed by atoms with Crippen molar-refractivity contribution in [3.05, 3.63) is 64.1 Å². The molecule has 120 valence electrons. The quantitative estimate of drug-likeness (QED) is 0.891. The highest BCUT2D eigenvalue weighted by Crippen LogP contribution is 2.54. The second-order valence-electron chi connectivity index (χ2n) is 5.41. The van der Waals surface area contributed by atoms with Crippen molar-refractivity contribution in [1.29, 1.82) is 0 Å². The fourth-order valence-corrected chi connectivity index (χ4v) is 5.30. The van der Waals surface area contributed by atoms with Crippen LogP contribution in [-0.2, 0) is 14.6 Å². The van der Waals surface area contributed by atoms with E-state index in [0.29, 0.717) is 15.6 Å². The van der Waals surface area contributed by atoms with Crippen molar-refractivity contribution in [2.45, 2.75) is 16.1 Å². The third-order valence-corrected chi connectivity index (χ3v) is 6.69. The number of halogens is 2. The zero-order valence-electron chi connectivity index (χ0n) is 11.7. The molecule has 0 spiro atoms.